The third kappa shape index (κ3) is 2.52. The van der Waals surface area contributed by atoms with Crippen molar-refractivity contribution in [1.82, 2.24) is 4.98 Å². The molecular formula is C17H15FN2. The van der Waals surface area contributed by atoms with Crippen molar-refractivity contribution >= 4 is 5.71 Å². The number of halogens is 1. The summed E-state index contributed by atoms with van der Waals surface area (Å²) in [4.78, 5) is 8.32. The van der Waals surface area contributed by atoms with E-state index >= 15 is 0 Å². The fraction of sp³-hybridized carbons (Fsp3) is 0.176. The standard InChI is InChI=1S/C17H15FN2/c1-12-5-7-13(8-6-12)15-10-14(11-20-17(15)18)16-4-2-3-9-19-16/h2,4-8,10-11H,3,9H2,1H3. The fourth-order valence-electron chi connectivity index (χ4n) is 2.22. The minimum atomic E-state index is -0.446. The number of pyridine rings is 1. The molecule has 20 heavy (non-hydrogen) atoms. The number of allylic oxidation sites excluding steroid dienone is 1. The molecule has 2 aromatic rings. The Labute approximate surface area is 117 Å². The van der Waals surface area contributed by atoms with Crippen molar-refractivity contribution < 1.29 is 4.39 Å². The van der Waals surface area contributed by atoms with E-state index in [0.29, 0.717) is 5.56 Å². The highest BCUT2D eigenvalue weighted by atomic mass is 19.1. The fourth-order valence-corrected chi connectivity index (χ4v) is 2.22. The second-order valence-electron chi connectivity index (χ2n) is 4.89. The Kier molecular flexibility index (Phi) is 3.42. The molecule has 1 aliphatic rings. The van der Waals surface area contributed by atoms with E-state index in [1.54, 1.807) is 6.20 Å². The van der Waals surface area contributed by atoms with Crippen LogP contribution in [0.3, 0.4) is 0 Å². The van der Waals surface area contributed by atoms with Gasteiger partial charge in [0, 0.05) is 23.9 Å². The van der Waals surface area contributed by atoms with Crippen LogP contribution in [0.25, 0.3) is 11.1 Å². The van der Waals surface area contributed by atoms with Gasteiger partial charge in [0.25, 0.3) is 0 Å². The van der Waals surface area contributed by atoms with Crippen molar-refractivity contribution in [2.75, 3.05) is 6.54 Å². The molecule has 0 unspecified atom stereocenters. The van der Waals surface area contributed by atoms with Crippen LogP contribution >= 0.6 is 0 Å². The first-order valence-electron chi connectivity index (χ1n) is 6.68. The van der Waals surface area contributed by atoms with Gasteiger partial charge < -0.3 is 0 Å². The van der Waals surface area contributed by atoms with Gasteiger partial charge in [0.2, 0.25) is 5.95 Å². The van der Waals surface area contributed by atoms with Crippen LogP contribution in [0.15, 0.2) is 53.7 Å². The van der Waals surface area contributed by atoms with Crippen molar-refractivity contribution in [1.29, 1.82) is 0 Å². The molecule has 3 heteroatoms. The van der Waals surface area contributed by atoms with Crippen molar-refractivity contribution in [2.45, 2.75) is 13.3 Å². The van der Waals surface area contributed by atoms with Gasteiger partial charge in [-0.2, -0.15) is 4.39 Å². The first-order chi connectivity index (χ1) is 9.74. The average molecular weight is 266 g/mol. The van der Waals surface area contributed by atoms with E-state index in [9.17, 15) is 4.39 Å². The monoisotopic (exact) mass is 266 g/mol. The molecule has 0 radical (unpaired) electrons. The lowest BCUT2D eigenvalue weighted by Crippen LogP contribution is -2.04. The van der Waals surface area contributed by atoms with Gasteiger partial charge in [-0.15, -0.1) is 0 Å². The number of hydrogen-bond donors (Lipinski definition) is 0. The molecule has 100 valence electrons. The van der Waals surface area contributed by atoms with Crippen molar-refractivity contribution in [3.63, 3.8) is 0 Å². The van der Waals surface area contributed by atoms with Crippen LogP contribution in [0.2, 0.25) is 0 Å². The molecule has 0 bridgehead atoms. The lowest BCUT2D eigenvalue weighted by atomic mass is 10.0. The molecule has 0 N–H and O–H groups in total. The lowest BCUT2D eigenvalue weighted by Gasteiger charge is -2.09. The number of aromatic nitrogens is 1. The van der Waals surface area contributed by atoms with E-state index in [2.05, 4.69) is 16.1 Å². The zero-order chi connectivity index (χ0) is 13.9. The molecule has 0 aliphatic carbocycles. The summed E-state index contributed by atoms with van der Waals surface area (Å²) < 4.78 is 14.0. The summed E-state index contributed by atoms with van der Waals surface area (Å²) in [6.45, 7) is 2.79. The normalized spacial score (nSPS) is 14.2. The first-order valence-corrected chi connectivity index (χ1v) is 6.68. The van der Waals surface area contributed by atoms with Gasteiger partial charge in [-0.3, -0.25) is 4.99 Å². The number of dihydropyridines is 1. The highest BCUT2D eigenvalue weighted by Crippen LogP contribution is 2.23. The molecule has 0 fully saturated rings. The first kappa shape index (κ1) is 12.7. The van der Waals surface area contributed by atoms with Crippen LogP contribution in [-0.4, -0.2) is 17.2 Å². The highest BCUT2D eigenvalue weighted by molar-refractivity contribution is 6.09. The predicted octanol–water partition coefficient (Wildman–Crippen LogP) is 3.95. The Hall–Kier alpha value is -2.29. The summed E-state index contributed by atoms with van der Waals surface area (Å²) in [5.41, 5.74) is 4.24. The smallest absolute Gasteiger partial charge is 0.220 e. The van der Waals surface area contributed by atoms with Crippen molar-refractivity contribution in [2.24, 2.45) is 4.99 Å². The van der Waals surface area contributed by atoms with Gasteiger partial charge in [0.15, 0.2) is 0 Å². The number of aryl methyl sites for hydroxylation is 1. The third-order valence-electron chi connectivity index (χ3n) is 3.35. The summed E-state index contributed by atoms with van der Waals surface area (Å²) in [7, 11) is 0. The van der Waals surface area contributed by atoms with Crippen molar-refractivity contribution in [3.05, 3.63) is 65.8 Å². The number of benzene rings is 1. The van der Waals surface area contributed by atoms with Crippen molar-refractivity contribution in [3.8, 4) is 11.1 Å². The maximum Gasteiger partial charge on any atom is 0.220 e. The molecule has 0 atom stereocenters. The molecule has 1 aromatic heterocycles. The summed E-state index contributed by atoms with van der Waals surface area (Å²) in [6.07, 6.45) is 6.55. The van der Waals surface area contributed by atoms with Crippen LogP contribution in [0.5, 0.6) is 0 Å². The van der Waals surface area contributed by atoms with Crippen LogP contribution in [0.1, 0.15) is 17.5 Å². The second-order valence-corrected chi connectivity index (χ2v) is 4.89. The lowest BCUT2D eigenvalue weighted by molar-refractivity contribution is 0.587. The zero-order valence-corrected chi connectivity index (χ0v) is 11.3. The summed E-state index contributed by atoms with van der Waals surface area (Å²) in [6, 6.07) is 9.59. The number of nitrogens with zero attached hydrogens (tertiary/aromatic N) is 2. The molecule has 0 spiro atoms. The minimum Gasteiger partial charge on any atom is -0.284 e. The molecule has 0 amide bonds. The van der Waals surface area contributed by atoms with Gasteiger partial charge in [-0.1, -0.05) is 35.9 Å². The maximum atomic E-state index is 14.0. The largest absolute Gasteiger partial charge is 0.284 e. The Bertz CT molecular complexity index is 685. The van der Waals surface area contributed by atoms with E-state index in [-0.39, 0.29) is 0 Å². The molecule has 2 heterocycles. The molecular weight excluding hydrogens is 251 g/mol. The maximum absolute atomic E-state index is 14.0. The predicted molar refractivity (Wildman–Crippen MR) is 79.5 cm³/mol. The molecule has 0 saturated carbocycles. The molecule has 1 aromatic carbocycles. The summed E-state index contributed by atoms with van der Waals surface area (Å²) in [5, 5.41) is 0. The Morgan fingerprint density at radius 3 is 2.60 bits per heavy atom. The SMILES string of the molecule is Cc1ccc(-c2cc(C3=NCCC=C3)cnc2F)cc1. The molecule has 2 nitrogen and oxygen atoms in total. The number of hydrogen-bond acceptors (Lipinski definition) is 2. The van der Waals surface area contributed by atoms with Crippen LogP contribution < -0.4 is 0 Å². The van der Waals surface area contributed by atoms with Gasteiger partial charge in [0.05, 0.1) is 5.71 Å². The quantitative estimate of drug-likeness (QED) is 0.756. The third-order valence-corrected chi connectivity index (χ3v) is 3.35. The molecule has 3 rings (SSSR count). The average Bonchev–Trinajstić information content (AvgIpc) is 2.50. The zero-order valence-electron chi connectivity index (χ0n) is 11.3. The minimum absolute atomic E-state index is 0.446. The Balaban J connectivity index is 2.05. The van der Waals surface area contributed by atoms with E-state index in [4.69, 9.17) is 0 Å². The van der Waals surface area contributed by atoms with E-state index in [1.807, 2.05) is 43.3 Å². The van der Waals surface area contributed by atoms with Gasteiger partial charge in [0.1, 0.15) is 0 Å². The Morgan fingerprint density at radius 1 is 1.10 bits per heavy atom. The number of rotatable bonds is 2. The summed E-state index contributed by atoms with van der Waals surface area (Å²) >= 11 is 0. The molecule has 0 saturated heterocycles. The van der Waals surface area contributed by atoms with Crippen LogP contribution in [0, 0.1) is 12.9 Å². The second kappa shape index (κ2) is 5.37. The molecule has 1 aliphatic heterocycles. The Morgan fingerprint density at radius 2 is 1.90 bits per heavy atom. The topological polar surface area (TPSA) is 25.2 Å². The summed E-state index contributed by atoms with van der Waals surface area (Å²) in [5.74, 6) is -0.446. The van der Waals surface area contributed by atoms with Crippen LogP contribution in [0.4, 0.5) is 4.39 Å². The van der Waals surface area contributed by atoms with Gasteiger partial charge >= 0.3 is 0 Å². The van der Waals surface area contributed by atoms with Gasteiger partial charge in [-0.25, -0.2) is 4.98 Å². The highest BCUT2D eigenvalue weighted by Gasteiger charge is 2.10. The van der Waals surface area contributed by atoms with Crippen LogP contribution in [-0.2, 0) is 0 Å². The van der Waals surface area contributed by atoms with Gasteiger partial charge in [-0.05, 0) is 31.1 Å². The van der Waals surface area contributed by atoms with E-state index < -0.39 is 5.95 Å². The van der Waals surface area contributed by atoms with E-state index in [0.717, 1.165) is 35.4 Å². The van der Waals surface area contributed by atoms with E-state index in [1.165, 1.54) is 0 Å². The number of aliphatic imine (C=N–C) groups is 1.